The molecule has 0 aromatic heterocycles. The second-order valence-corrected chi connectivity index (χ2v) is 5.34. The van der Waals surface area contributed by atoms with Crippen LogP contribution in [0.1, 0.15) is 18.4 Å². The van der Waals surface area contributed by atoms with E-state index in [9.17, 15) is 0 Å². The summed E-state index contributed by atoms with van der Waals surface area (Å²) < 4.78 is 11.1. The van der Waals surface area contributed by atoms with Gasteiger partial charge >= 0.3 is 0 Å². The van der Waals surface area contributed by atoms with Gasteiger partial charge in [-0.15, -0.1) is 0 Å². The van der Waals surface area contributed by atoms with Gasteiger partial charge in [0, 0.05) is 11.0 Å². The van der Waals surface area contributed by atoms with Gasteiger partial charge in [0.15, 0.2) is 11.5 Å². The first kappa shape index (κ1) is 9.40. The van der Waals surface area contributed by atoms with E-state index >= 15 is 0 Å². The van der Waals surface area contributed by atoms with Crippen molar-refractivity contribution in [3.8, 4) is 11.5 Å². The number of ether oxygens (including phenoxy) is 2. The van der Waals surface area contributed by atoms with Crippen molar-refractivity contribution in [1.82, 2.24) is 0 Å². The van der Waals surface area contributed by atoms with Crippen molar-refractivity contribution >= 4 is 11.8 Å². The van der Waals surface area contributed by atoms with E-state index in [1.807, 2.05) is 17.8 Å². The van der Waals surface area contributed by atoms with E-state index in [4.69, 9.17) is 9.47 Å². The van der Waals surface area contributed by atoms with Crippen LogP contribution in [0.25, 0.3) is 0 Å². The normalized spacial score (nSPS) is 24.7. The number of benzene rings is 1. The Balaban J connectivity index is 1.89. The molecular weight excluding hydrogens is 208 g/mol. The quantitative estimate of drug-likeness (QED) is 0.717. The molecule has 0 aliphatic carbocycles. The molecule has 2 nitrogen and oxygen atoms in total. The fraction of sp³-hybridized carbons (Fsp3) is 0.500. The van der Waals surface area contributed by atoms with Gasteiger partial charge in [0.05, 0.1) is 0 Å². The first-order chi connectivity index (χ1) is 7.34. The Morgan fingerprint density at radius 1 is 1.27 bits per heavy atom. The van der Waals surface area contributed by atoms with Crippen LogP contribution in [0.3, 0.4) is 0 Å². The van der Waals surface area contributed by atoms with Crippen LogP contribution < -0.4 is 9.47 Å². The molecule has 3 heteroatoms. The van der Waals surface area contributed by atoms with Crippen molar-refractivity contribution < 1.29 is 9.47 Å². The second-order valence-electron chi connectivity index (χ2n) is 4.06. The molecule has 80 valence electrons. The van der Waals surface area contributed by atoms with Gasteiger partial charge in [0.2, 0.25) is 0 Å². The molecule has 1 saturated heterocycles. The van der Waals surface area contributed by atoms with Gasteiger partial charge in [-0.25, -0.2) is 0 Å². The van der Waals surface area contributed by atoms with Crippen LogP contribution in [0.15, 0.2) is 18.2 Å². The van der Waals surface area contributed by atoms with Gasteiger partial charge in [-0.2, -0.15) is 11.8 Å². The summed E-state index contributed by atoms with van der Waals surface area (Å²) in [6, 6.07) is 6.34. The smallest absolute Gasteiger partial charge is 0.161 e. The van der Waals surface area contributed by atoms with Crippen LogP contribution in [-0.2, 0) is 0 Å². The number of hydrogen-bond acceptors (Lipinski definition) is 3. The first-order valence-corrected chi connectivity index (χ1v) is 6.40. The van der Waals surface area contributed by atoms with Crippen LogP contribution in [0.4, 0.5) is 0 Å². The monoisotopic (exact) mass is 222 g/mol. The molecule has 0 bridgehead atoms. The SMILES string of the molecule is CC(c1ccc2c(c1)OCCO2)C1CS1. The molecule has 2 atom stereocenters. The van der Waals surface area contributed by atoms with Crippen molar-refractivity contribution in [3.05, 3.63) is 23.8 Å². The van der Waals surface area contributed by atoms with E-state index in [-0.39, 0.29) is 0 Å². The minimum atomic E-state index is 0.630. The summed E-state index contributed by atoms with van der Waals surface area (Å²) in [5.74, 6) is 3.73. The molecule has 0 N–H and O–H groups in total. The Kier molecular flexibility index (Phi) is 2.28. The zero-order valence-electron chi connectivity index (χ0n) is 8.73. The maximum absolute atomic E-state index is 5.58. The van der Waals surface area contributed by atoms with Gasteiger partial charge in [-0.1, -0.05) is 13.0 Å². The first-order valence-electron chi connectivity index (χ1n) is 5.36. The summed E-state index contributed by atoms with van der Waals surface area (Å²) in [6.07, 6.45) is 0. The molecule has 1 fully saturated rings. The predicted molar refractivity (Wildman–Crippen MR) is 62.1 cm³/mol. The molecule has 1 aromatic rings. The van der Waals surface area contributed by atoms with Crippen LogP contribution in [-0.4, -0.2) is 24.2 Å². The largest absolute Gasteiger partial charge is 0.486 e. The number of rotatable bonds is 2. The van der Waals surface area contributed by atoms with Crippen LogP contribution in [0.5, 0.6) is 11.5 Å². The molecule has 3 rings (SSSR count). The lowest BCUT2D eigenvalue weighted by Crippen LogP contribution is -2.15. The lowest BCUT2D eigenvalue weighted by atomic mass is 9.98. The molecule has 2 aliphatic heterocycles. The summed E-state index contributed by atoms with van der Waals surface area (Å²) in [6.45, 7) is 3.62. The van der Waals surface area contributed by atoms with Gasteiger partial charge in [0.1, 0.15) is 13.2 Å². The van der Waals surface area contributed by atoms with Crippen LogP contribution >= 0.6 is 11.8 Å². The third kappa shape index (κ3) is 1.81. The number of hydrogen-bond donors (Lipinski definition) is 0. The Morgan fingerprint density at radius 3 is 2.73 bits per heavy atom. The maximum Gasteiger partial charge on any atom is 0.161 e. The summed E-state index contributed by atoms with van der Waals surface area (Å²) in [4.78, 5) is 0. The van der Waals surface area contributed by atoms with Crippen molar-refractivity contribution in [3.63, 3.8) is 0 Å². The molecule has 0 amide bonds. The van der Waals surface area contributed by atoms with E-state index in [1.54, 1.807) is 0 Å². The average Bonchev–Trinajstić information content (AvgIpc) is 3.11. The van der Waals surface area contributed by atoms with E-state index in [1.165, 1.54) is 11.3 Å². The third-order valence-electron chi connectivity index (χ3n) is 3.01. The van der Waals surface area contributed by atoms with Gasteiger partial charge < -0.3 is 9.47 Å². The molecule has 2 heterocycles. The van der Waals surface area contributed by atoms with E-state index in [2.05, 4.69) is 19.1 Å². The lowest BCUT2D eigenvalue weighted by molar-refractivity contribution is 0.171. The van der Waals surface area contributed by atoms with Crippen LogP contribution in [0.2, 0.25) is 0 Å². The Morgan fingerprint density at radius 2 is 2.00 bits per heavy atom. The Hall–Kier alpha value is -0.830. The molecule has 2 aliphatic rings. The highest BCUT2D eigenvalue weighted by molar-refractivity contribution is 8.06. The zero-order valence-corrected chi connectivity index (χ0v) is 9.55. The van der Waals surface area contributed by atoms with Gasteiger partial charge in [-0.05, 0) is 23.6 Å². The highest BCUT2D eigenvalue weighted by Crippen LogP contribution is 2.43. The fourth-order valence-corrected chi connectivity index (χ4v) is 2.75. The standard InChI is InChI=1S/C12H14O2S/c1-8(12-7-15-12)9-2-3-10-11(6-9)14-5-4-13-10/h2-3,6,8,12H,4-5,7H2,1H3. The van der Waals surface area contributed by atoms with Crippen LogP contribution in [0, 0.1) is 0 Å². The van der Waals surface area contributed by atoms with Crippen molar-refractivity contribution in [2.45, 2.75) is 18.1 Å². The summed E-state index contributed by atoms with van der Waals surface area (Å²) >= 11 is 2.04. The van der Waals surface area contributed by atoms with Crippen molar-refractivity contribution in [1.29, 1.82) is 0 Å². The number of thioether (sulfide) groups is 1. The number of fused-ring (bicyclic) bond motifs is 1. The fourth-order valence-electron chi connectivity index (χ4n) is 1.90. The summed E-state index contributed by atoms with van der Waals surface area (Å²) in [5, 5.41) is 0.813. The topological polar surface area (TPSA) is 18.5 Å². The average molecular weight is 222 g/mol. The maximum atomic E-state index is 5.58. The molecule has 1 aromatic carbocycles. The Bertz CT molecular complexity index is 374. The molecule has 0 spiro atoms. The van der Waals surface area contributed by atoms with E-state index < -0.39 is 0 Å². The van der Waals surface area contributed by atoms with Crippen molar-refractivity contribution in [2.75, 3.05) is 19.0 Å². The minimum Gasteiger partial charge on any atom is -0.486 e. The molecule has 0 radical (unpaired) electrons. The summed E-state index contributed by atoms with van der Waals surface area (Å²) in [7, 11) is 0. The highest BCUT2D eigenvalue weighted by atomic mass is 32.2. The van der Waals surface area contributed by atoms with Crippen molar-refractivity contribution in [2.24, 2.45) is 0 Å². The molecule has 15 heavy (non-hydrogen) atoms. The third-order valence-corrected chi connectivity index (χ3v) is 4.14. The highest BCUT2D eigenvalue weighted by Gasteiger charge is 2.30. The predicted octanol–water partition coefficient (Wildman–Crippen LogP) is 2.68. The van der Waals surface area contributed by atoms with E-state index in [0.29, 0.717) is 19.1 Å². The second kappa shape index (κ2) is 3.63. The molecule has 2 unspecified atom stereocenters. The minimum absolute atomic E-state index is 0.630. The summed E-state index contributed by atoms with van der Waals surface area (Å²) in [5.41, 5.74) is 1.37. The molecule has 0 saturated carbocycles. The van der Waals surface area contributed by atoms with Gasteiger partial charge in [0.25, 0.3) is 0 Å². The van der Waals surface area contributed by atoms with E-state index in [0.717, 1.165) is 16.7 Å². The van der Waals surface area contributed by atoms with Gasteiger partial charge in [-0.3, -0.25) is 0 Å². The zero-order chi connectivity index (χ0) is 10.3. The Labute approximate surface area is 94.0 Å². The lowest BCUT2D eigenvalue weighted by Gasteiger charge is -2.20. The molecular formula is C12H14O2S.